The molecule has 1 fully saturated rings. The Balaban J connectivity index is 1.51. The average Bonchev–Trinajstić information content (AvgIpc) is 2.65. The fourth-order valence-electron chi connectivity index (χ4n) is 3.29. The summed E-state index contributed by atoms with van der Waals surface area (Å²) in [5.41, 5.74) is 2.28. The predicted octanol–water partition coefficient (Wildman–Crippen LogP) is 3.31. The van der Waals surface area contributed by atoms with E-state index in [0.29, 0.717) is 13.2 Å². The van der Waals surface area contributed by atoms with E-state index in [4.69, 9.17) is 4.74 Å². The van der Waals surface area contributed by atoms with Crippen LogP contribution in [0.15, 0.2) is 48.5 Å². The molecule has 0 atom stereocenters. The Morgan fingerprint density at radius 3 is 2.19 bits per heavy atom. The predicted molar refractivity (Wildman–Crippen MR) is 101 cm³/mol. The van der Waals surface area contributed by atoms with Gasteiger partial charge in [-0.1, -0.05) is 30.3 Å². The summed E-state index contributed by atoms with van der Waals surface area (Å²) in [5, 5.41) is 11.2. The zero-order chi connectivity index (χ0) is 18.4. The van der Waals surface area contributed by atoms with E-state index in [1.165, 1.54) is 5.56 Å². The minimum atomic E-state index is -0.294. The van der Waals surface area contributed by atoms with Gasteiger partial charge in [0.2, 0.25) is 0 Å². The van der Waals surface area contributed by atoms with Crippen LogP contribution in [-0.2, 0) is 13.1 Å². The Morgan fingerprint density at radius 1 is 0.962 bits per heavy atom. The maximum Gasteiger partial charge on any atom is 0.273 e. The fraction of sp³-hybridized carbons (Fsp3) is 0.400. The second-order valence-corrected chi connectivity index (χ2v) is 6.52. The van der Waals surface area contributed by atoms with E-state index in [2.05, 4.69) is 21.9 Å². The first-order valence-corrected chi connectivity index (χ1v) is 9.04. The van der Waals surface area contributed by atoms with Gasteiger partial charge >= 0.3 is 0 Å². The molecule has 1 heterocycles. The first kappa shape index (κ1) is 18.4. The van der Waals surface area contributed by atoms with E-state index in [0.717, 1.165) is 44.0 Å². The summed E-state index contributed by atoms with van der Waals surface area (Å²) in [5.74, 6) is 0.908. The Morgan fingerprint density at radius 2 is 1.58 bits per heavy atom. The van der Waals surface area contributed by atoms with Gasteiger partial charge in [-0.05, 0) is 24.6 Å². The van der Waals surface area contributed by atoms with Crippen LogP contribution in [0.2, 0.25) is 0 Å². The molecular formula is C20H25N3O3. The maximum absolute atomic E-state index is 11.2. The Kier molecular flexibility index (Phi) is 6.20. The molecule has 1 aliphatic rings. The van der Waals surface area contributed by atoms with E-state index >= 15 is 0 Å². The molecule has 0 aliphatic carbocycles. The lowest BCUT2D eigenvalue weighted by atomic mass is 10.1. The largest absolute Gasteiger partial charge is 0.494 e. The van der Waals surface area contributed by atoms with Gasteiger partial charge in [0.1, 0.15) is 5.75 Å². The van der Waals surface area contributed by atoms with Crippen molar-refractivity contribution in [3.05, 3.63) is 69.8 Å². The van der Waals surface area contributed by atoms with Crippen LogP contribution in [0.25, 0.3) is 0 Å². The number of para-hydroxylation sites is 1. The Labute approximate surface area is 154 Å². The monoisotopic (exact) mass is 355 g/mol. The van der Waals surface area contributed by atoms with Crippen LogP contribution in [0.4, 0.5) is 5.69 Å². The summed E-state index contributed by atoms with van der Waals surface area (Å²) in [6.07, 6.45) is 0. The van der Waals surface area contributed by atoms with Crippen molar-refractivity contribution in [2.75, 3.05) is 32.8 Å². The van der Waals surface area contributed by atoms with Gasteiger partial charge in [-0.3, -0.25) is 19.9 Å². The second-order valence-electron chi connectivity index (χ2n) is 6.52. The lowest BCUT2D eigenvalue weighted by molar-refractivity contribution is -0.385. The highest BCUT2D eigenvalue weighted by atomic mass is 16.6. The molecule has 26 heavy (non-hydrogen) atoms. The lowest BCUT2D eigenvalue weighted by Gasteiger charge is -2.34. The van der Waals surface area contributed by atoms with Gasteiger partial charge in [0.05, 0.1) is 11.5 Å². The molecule has 0 bridgehead atoms. The second kappa shape index (κ2) is 8.78. The third-order valence-corrected chi connectivity index (χ3v) is 4.69. The minimum absolute atomic E-state index is 0.212. The van der Waals surface area contributed by atoms with E-state index < -0.39 is 0 Å². The molecule has 0 spiro atoms. The summed E-state index contributed by atoms with van der Waals surface area (Å²) in [4.78, 5) is 15.6. The molecule has 0 saturated carbocycles. The number of nitro groups is 1. The van der Waals surface area contributed by atoms with Crippen molar-refractivity contribution in [2.24, 2.45) is 0 Å². The quantitative estimate of drug-likeness (QED) is 0.563. The van der Waals surface area contributed by atoms with E-state index in [1.807, 2.05) is 31.2 Å². The molecule has 6 heteroatoms. The number of hydrogen-bond donors (Lipinski definition) is 0. The zero-order valence-electron chi connectivity index (χ0n) is 15.1. The van der Waals surface area contributed by atoms with E-state index in [9.17, 15) is 10.1 Å². The van der Waals surface area contributed by atoms with Crippen LogP contribution in [-0.4, -0.2) is 47.5 Å². The topological polar surface area (TPSA) is 58.8 Å². The van der Waals surface area contributed by atoms with Crippen molar-refractivity contribution in [3.8, 4) is 5.75 Å². The molecule has 2 aromatic rings. The van der Waals surface area contributed by atoms with Gasteiger partial charge in [-0.25, -0.2) is 0 Å². The summed E-state index contributed by atoms with van der Waals surface area (Å²) in [7, 11) is 0. The summed E-state index contributed by atoms with van der Waals surface area (Å²) in [6.45, 7) is 7.99. The molecule has 0 aromatic heterocycles. The Bertz CT molecular complexity index is 725. The normalized spacial score (nSPS) is 15.7. The van der Waals surface area contributed by atoms with Crippen LogP contribution >= 0.6 is 0 Å². The number of nitro benzene ring substituents is 1. The van der Waals surface area contributed by atoms with Crippen LogP contribution in [0, 0.1) is 10.1 Å². The highest BCUT2D eigenvalue weighted by Crippen LogP contribution is 2.21. The third-order valence-electron chi connectivity index (χ3n) is 4.69. The molecule has 0 radical (unpaired) electrons. The number of hydrogen-bond acceptors (Lipinski definition) is 5. The minimum Gasteiger partial charge on any atom is -0.494 e. The lowest BCUT2D eigenvalue weighted by Crippen LogP contribution is -2.45. The van der Waals surface area contributed by atoms with Gasteiger partial charge < -0.3 is 4.74 Å². The molecular weight excluding hydrogens is 330 g/mol. The van der Waals surface area contributed by atoms with Gasteiger partial charge in [-0.2, -0.15) is 0 Å². The molecule has 2 aromatic carbocycles. The number of piperazine rings is 1. The van der Waals surface area contributed by atoms with Gasteiger partial charge in [0.25, 0.3) is 5.69 Å². The smallest absolute Gasteiger partial charge is 0.273 e. The molecule has 1 aliphatic heterocycles. The van der Waals surface area contributed by atoms with Crippen molar-refractivity contribution < 1.29 is 9.66 Å². The number of benzene rings is 2. The molecule has 138 valence electrons. The first-order chi connectivity index (χ1) is 12.7. The van der Waals surface area contributed by atoms with Gasteiger partial charge in [0, 0.05) is 50.9 Å². The SMILES string of the molecule is CCOc1ccc(CN2CCN(Cc3ccccc3[N+](=O)[O-])CC2)cc1. The summed E-state index contributed by atoms with van der Waals surface area (Å²) >= 11 is 0. The van der Waals surface area contributed by atoms with Crippen molar-refractivity contribution >= 4 is 5.69 Å². The molecule has 3 rings (SSSR count). The maximum atomic E-state index is 11.2. The van der Waals surface area contributed by atoms with E-state index in [1.54, 1.807) is 12.1 Å². The van der Waals surface area contributed by atoms with E-state index in [-0.39, 0.29) is 10.6 Å². The molecule has 1 saturated heterocycles. The fourth-order valence-corrected chi connectivity index (χ4v) is 3.29. The summed E-state index contributed by atoms with van der Waals surface area (Å²) in [6, 6.07) is 15.3. The first-order valence-electron chi connectivity index (χ1n) is 9.04. The van der Waals surface area contributed by atoms with Crippen molar-refractivity contribution in [3.63, 3.8) is 0 Å². The average molecular weight is 355 g/mol. The molecule has 6 nitrogen and oxygen atoms in total. The standard InChI is InChI=1S/C20H25N3O3/c1-2-26-19-9-7-17(8-10-19)15-21-11-13-22(14-12-21)16-18-5-3-4-6-20(18)23(24)25/h3-10H,2,11-16H2,1H3. The van der Waals surface area contributed by atoms with Crippen molar-refractivity contribution in [2.45, 2.75) is 20.0 Å². The third kappa shape index (κ3) is 4.80. The highest BCUT2D eigenvalue weighted by molar-refractivity contribution is 5.39. The van der Waals surface area contributed by atoms with Crippen molar-refractivity contribution in [1.29, 1.82) is 0 Å². The zero-order valence-corrected chi connectivity index (χ0v) is 15.1. The van der Waals surface area contributed by atoms with Crippen LogP contribution in [0.3, 0.4) is 0 Å². The van der Waals surface area contributed by atoms with Crippen LogP contribution < -0.4 is 4.74 Å². The highest BCUT2D eigenvalue weighted by Gasteiger charge is 2.20. The van der Waals surface area contributed by atoms with Crippen LogP contribution in [0.1, 0.15) is 18.1 Å². The molecule has 0 N–H and O–H groups in total. The van der Waals surface area contributed by atoms with Crippen molar-refractivity contribution in [1.82, 2.24) is 9.80 Å². The van der Waals surface area contributed by atoms with Gasteiger partial charge in [-0.15, -0.1) is 0 Å². The number of ether oxygens (including phenoxy) is 1. The molecule has 0 amide bonds. The van der Waals surface area contributed by atoms with Gasteiger partial charge in [0.15, 0.2) is 0 Å². The number of rotatable bonds is 7. The Hall–Kier alpha value is -2.44. The summed E-state index contributed by atoms with van der Waals surface area (Å²) < 4.78 is 5.48. The van der Waals surface area contributed by atoms with Crippen LogP contribution in [0.5, 0.6) is 5.75 Å². The molecule has 0 unspecified atom stereocenters. The number of nitrogens with zero attached hydrogens (tertiary/aromatic N) is 3.